The van der Waals surface area contributed by atoms with Gasteiger partial charge in [0.05, 0.1) is 0 Å². The second-order valence-corrected chi connectivity index (χ2v) is 5.04. The summed E-state index contributed by atoms with van der Waals surface area (Å²) >= 11 is 5.25. The third-order valence-electron chi connectivity index (χ3n) is 2.90. The van der Waals surface area contributed by atoms with Crippen LogP contribution in [-0.2, 0) is 4.79 Å². The summed E-state index contributed by atoms with van der Waals surface area (Å²) in [7, 11) is 0. The minimum Gasteiger partial charge on any atom is -0.281 e. The van der Waals surface area contributed by atoms with Gasteiger partial charge in [0.15, 0.2) is 0 Å². The minimum absolute atomic E-state index is 0.198. The molecular weight excluding hydrogens is 263 g/mol. The predicted octanol–water partition coefficient (Wildman–Crippen LogP) is 5.34. The van der Waals surface area contributed by atoms with Crippen LogP contribution in [-0.4, -0.2) is 5.24 Å². The van der Waals surface area contributed by atoms with Crippen LogP contribution < -0.4 is 0 Å². The van der Waals surface area contributed by atoms with Gasteiger partial charge in [0.2, 0.25) is 5.24 Å². The Bertz CT molecular complexity index is 415. The maximum absolute atomic E-state index is 12.9. The van der Waals surface area contributed by atoms with Gasteiger partial charge in [-0.3, -0.25) is 4.79 Å². The predicted molar refractivity (Wildman–Crippen MR) is 78.6 cm³/mol. The van der Waals surface area contributed by atoms with Crippen molar-refractivity contribution in [3.05, 3.63) is 41.7 Å². The average molecular weight is 283 g/mol. The van der Waals surface area contributed by atoms with Crippen LogP contribution in [0.4, 0.5) is 4.39 Å². The Balaban J connectivity index is 2.03. The molecule has 0 aliphatic carbocycles. The Labute approximate surface area is 119 Å². The lowest BCUT2D eigenvalue weighted by Crippen LogP contribution is -1.86. The van der Waals surface area contributed by atoms with Gasteiger partial charge in [-0.1, -0.05) is 43.5 Å². The van der Waals surface area contributed by atoms with E-state index in [-0.39, 0.29) is 11.1 Å². The summed E-state index contributed by atoms with van der Waals surface area (Å²) < 4.78 is 12.9. The zero-order chi connectivity index (χ0) is 13.9. The maximum atomic E-state index is 12.9. The van der Waals surface area contributed by atoms with Gasteiger partial charge in [-0.05, 0) is 48.6 Å². The van der Waals surface area contributed by atoms with E-state index in [4.69, 9.17) is 11.6 Å². The molecule has 0 atom stereocenters. The number of hydrogen-bond donors (Lipinski definition) is 0. The fraction of sp³-hybridized carbons (Fsp3) is 0.438. The molecule has 3 heteroatoms. The van der Waals surface area contributed by atoms with Gasteiger partial charge in [-0.25, -0.2) is 4.39 Å². The molecule has 0 amide bonds. The molecule has 0 N–H and O–H groups in total. The van der Waals surface area contributed by atoms with E-state index < -0.39 is 0 Å². The minimum atomic E-state index is -0.238. The third-order valence-corrected chi connectivity index (χ3v) is 3.09. The summed E-state index contributed by atoms with van der Waals surface area (Å²) in [5.74, 6) is -0.198. The molecule has 0 spiro atoms. The number of benzene rings is 1. The Kier molecular flexibility index (Phi) is 8.15. The molecule has 0 aromatic heterocycles. The molecular formula is C16H20ClFO. The third kappa shape index (κ3) is 8.55. The van der Waals surface area contributed by atoms with E-state index in [0.717, 1.165) is 44.1 Å². The highest BCUT2D eigenvalue weighted by Crippen LogP contribution is 2.10. The van der Waals surface area contributed by atoms with Crippen LogP contribution in [0.3, 0.4) is 0 Å². The first-order valence-electron chi connectivity index (χ1n) is 6.79. The number of allylic oxidation sites excluding steroid dienone is 1. The lowest BCUT2D eigenvalue weighted by Gasteiger charge is -1.98. The zero-order valence-electron chi connectivity index (χ0n) is 11.1. The number of carbonyl (C=O) groups is 1. The van der Waals surface area contributed by atoms with Gasteiger partial charge in [-0.2, -0.15) is 0 Å². The lowest BCUT2D eigenvalue weighted by atomic mass is 10.1. The quantitative estimate of drug-likeness (QED) is 0.442. The number of unbranched alkanes of at least 4 members (excludes halogenated alkanes) is 5. The van der Waals surface area contributed by atoms with Crippen molar-refractivity contribution in [1.29, 1.82) is 0 Å². The van der Waals surface area contributed by atoms with Crippen molar-refractivity contribution in [1.82, 2.24) is 0 Å². The average Bonchev–Trinajstić information content (AvgIpc) is 2.36. The lowest BCUT2D eigenvalue weighted by molar-refractivity contribution is -0.111. The number of hydrogen-bond acceptors (Lipinski definition) is 1. The number of carbonyl (C=O) groups excluding carboxylic acids is 1. The Morgan fingerprint density at radius 3 is 2.63 bits per heavy atom. The maximum Gasteiger partial charge on any atom is 0.221 e. The van der Waals surface area contributed by atoms with Crippen molar-refractivity contribution in [3.8, 4) is 0 Å². The van der Waals surface area contributed by atoms with Crippen LogP contribution in [0.5, 0.6) is 0 Å². The summed E-state index contributed by atoms with van der Waals surface area (Å²) in [6, 6.07) is 6.58. The SMILES string of the molecule is O=C(Cl)CCCCCCCC=Cc1cccc(F)c1. The second-order valence-electron chi connectivity index (χ2n) is 4.62. The summed E-state index contributed by atoms with van der Waals surface area (Å²) in [6.07, 6.45) is 10.9. The van der Waals surface area contributed by atoms with E-state index in [0.29, 0.717) is 6.42 Å². The van der Waals surface area contributed by atoms with E-state index in [1.165, 1.54) is 12.1 Å². The van der Waals surface area contributed by atoms with Gasteiger partial charge < -0.3 is 0 Å². The molecule has 104 valence electrons. The van der Waals surface area contributed by atoms with Crippen LogP contribution in [0, 0.1) is 5.82 Å². The molecule has 0 unspecified atom stereocenters. The monoisotopic (exact) mass is 282 g/mol. The molecule has 1 nitrogen and oxygen atoms in total. The van der Waals surface area contributed by atoms with Gasteiger partial charge >= 0.3 is 0 Å². The Hall–Kier alpha value is -1.15. The summed E-state index contributed by atoms with van der Waals surface area (Å²) in [5, 5.41) is -0.238. The molecule has 0 bridgehead atoms. The van der Waals surface area contributed by atoms with Crippen LogP contribution in [0.1, 0.15) is 50.5 Å². The fourth-order valence-corrected chi connectivity index (χ4v) is 2.02. The standard InChI is InChI=1S/C16H20ClFO/c17-16(19)12-7-5-3-1-2-4-6-9-14-10-8-11-15(18)13-14/h6,8-11,13H,1-5,7,12H2. The van der Waals surface area contributed by atoms with Crippen LogP contribution in [0.2, 0.25) is 0 Å². The van der Waals surface area contributed by atoms with Crippen molar-refractivity contribution >= 4 is 22.9 Å². The van der Waals surface area contributed by atoms with Gasteiger partial charge in [-0.15, -0.1) is 0 Å². The Morgan fingerprint density at radius 2 is 1.89 bits per heavy atom. The highest BCUT2D eigenvalue weighted by atomic mass is 35.5. The largest absolute Gasteiger partial charge is 0.281 e. The van der Waals surface area contributed by atoms with Crippen molar-refractivity contribution < 1.29 is 9.18 Å². The van der Waals surface area contributed by atoms with E-state index in [9.17, 15) is 9.18 Å². The fourth-order valence-electron chi connectivity index (χ4n) is 1.89. The first-order chi connectivity index (χ1) is 9.18. The van der Waals surface area contributed by atoms with E-state index >= 15 is 0 Å². The summed E-state index contributed by atoms with van der Waals surface area (Å²) in [4.78, 5) is 10.5. The zero-order valence-corrected chi connectivity index (χ0v) is 11.8. The molecule has 0 aliphatic rings. The van der Waals surface area contributed by atoms with Crippen molar-refractivity contribution in [2.75, 3.05) is 0 Å². The highest BCUT2D eigenvalue weighted by molar-refractivity contribution is 6.63. The first-order valence-corrected chi connectivity index (χ1v) is 7.17. The molecule has 1 aromatic rings. The first kappa shape index (κ1) is 15.9. The Morgan fingerprint density at radius 1 is 1.16 bits per heavy atom. The van der Waals surface area contributed by atoms with Crippen LogP contribution in [0.15, 0.2) is 30.3 Å². The van der Waals surface area contributed by atoms with Crippen molar-refractivity contribution in [2.45, 2.75) is 44.9 Å². The van der Waals surface area contributed by atoms with Crippen LogP contribution >= 0.6 is 11.6 Å². The molecule has 0 fully saturated rings. The van der Waals surface area contributed by atoms with E-state index in [2.05, 4.69) is 6.08 Å². The van der Waals surface area contributed by atoms with E-state index in [1.54, 1.807) is 6.07 Å². The van der Waals surface area contributed by atoms with Gasteiger partial charge in [0.25, 0.3) is 0 Å². The molecule has 0 saturated heterocycles. The highest BCUT2D eigenvalue weighted by Gasteiger charge is 1.95. The number of rotatable bonds is 9. The van der Waals surface area contributed by atoms with Crippen molar-refractivity contribution in [3.63, 3.8) is 0 Å². The molecule has 0 radical (unpaired) electrons. The smallest absolute Gasteiger partial charge is 0.221 e. The van der Waals surface area contributed by atoms with Crippen LogP contribution in [0.25, 0.3) is 6.08 Å². The number of halogens is 2. The van der Waals surface area contributed by atoms with Gasteiger partial charge in [0.1, 0.15) is 5.82 Å². The molecule has 1 aromatic carbocycles. The second kappa shape index (κ2) is 9.74. The molecule has 0 saturated carbocycles. The summed E-state index contributed by atoms with van der Waals surface area (Å²) in [6.45, 7) is 0. The normalized spacial score (nSPS) is 11.1. The van der Waals surface area contributed by atoms with E-state index in [1.807, 2.05) is 12.1 Å². The molecule has 19 heavy (non-hydrogen) atoms. The summed E-state index contributed by atoms with van der Waals surface area (Å²) in [5.41, 5.74) is 0.903. The van der Waals surface area contributed by atoms with Crippen molar-refractivity contribution in [2.24, 2.45) is 0 Å². The molecule has 0 aliphatic heterocycles. The topological polar surface area (TPSA) is 17.1 Å². The molecule has 0 heterocycles. The molecule has 1 rings (SSSR count). The van der Waals surface area contributed by atoms with Gasteiger partial charge in [0, 0.05) is 6.42 Å².